The summed E-state index contributed by atoms with van der Waals surface area (Å²) < 4.78 is 0. The van der Waals surface area contributed by atoms with E-state index in [2.05, 4.69) is 39.9 Å². The summed E-state index contributed by atoms with van der Waals surface area (Å²) in [4.78, 5) is 0. The van der Waals surface area contributed by atoms with Gasteiger partial charge in [0, 0.05) is 6.04 Å². The highest BCUT2D eigenvalue weighted by molar-refractivity contribution is 4.80. The zero-order valence-corrected chi connectivity index (χ0v) is 11.5. The van der Waals surface area contributed by atoms with E-state index in [1.54, 1.807) is 0 Å². The van der Waals surface area contributed by atoms with Crippen LogP contribution in [-0.2, 0) is 0 Å². The van der Waals surface area contributed by atoms with E-state index < -0.39 is 0 Å². The SMILES string of the molecule is CCCCCCC(NCCC)C(C)(C)C. The summed E-state index contributed by atoms with van der Waals surface area (Å²) in [5.74, 6) is 0. The molecule has 0 aliphatic heterocycles. The van der Waals surface area contributed by atoms with Crippen molar-refractivity contribution in [3.63, 3.8) is 0 Å². The Balaban J connectivity index is 3.81. The normalized spacial score (nSPS) is 14.2. The Morgan fingerprint density at radius 3 is 2.07 bits per heavy atom. The molecule has 0 aliphatic rings. The molecule has 0 aromatic carbocycles. The summed E-state index contributed by atoms with van der Waals surface area (Å²) in [6.45, 7) is 12.7. The Morgan fingerprint density at radius 1 is 0.933 bits per heavy atom. The predicted molar refractivity (Wildman–Crippen MR) is 70.3 cm³/mol. The van der Waals surface area contributed by atoms with E-state index in [4.69, 9.17) is 0 Å². The number of hydrogen-bond acceptors (Lipinski definition) is 1. The van der Waals surface area contributed by atoms with Gasteiger partial charge in [-0.25, -0.2) is 0 Å². The monoisotopic (exact) mass is 213 g/mol. The van der Waals surface area contributed by atoms with E-state index in [9.17, 15) is 0 Å². The van der Waals surface area contributed by atoms with Gasteiger partial charge in [0.15, 0.2) is 0 Å². The Hall–Kier alpha value is -0.0400. The number of hydrogen-bond donors (Lipinski definition) is 1. The van der Waals surface area contributed by atoms with E-state index in [-0.39, 0.29) is 0 Å². The Bertz CT molecular complexity index is 135. The highest BCUT2D eigenvalue weighted by Gasteiger charge is 2.22. The molecule has 1 N–H and O–H groups in total. The van der Waals surface area contributed by atoms with Gasteiger partial charge in [-0.3, -0.25) is 0 Å². The lowest BCUT2D eigenvalue weighted by atomic mass is 9.83. The standard InChI is InChI=1S/C14H31N/c1-6-8-9-10-11-13(14(3,4)5)15-12-7-2/h13,15H,6-12H2,1-5H3. The van der Waals surface area contributed by atoms with Crippen LogP contribution in [0, 0.1) is 5.41 Å². The molecule has 0 saturated heterocycles. The highest BCUT2D eigenvalue weighted by Crippen LogP contribution is 2.23. The lowest BCUT2D eigenvalue weighted by Gasteiger charge is -2.32. The second kappa shape index (κ2) is 8.15. The molecular weight excluding hydrogens is 182 g/mol. The van der Waals surface area contributed by atoms with E-state index in [1.807, 2.05) is 0 Å². The average Bonchev–Trinajstić information content (AvgIpc) is 2.15. The fraction of sp³-hybridized carbons (Fsp3) is 1.00. The van der Waals surface area contributed by atoms with Crippen LogP contribution in [0.5, 0.6) is 0 Å². The van der Waals surface area contributed by atoms with Crippen molar-refractivity contribution < 1.29 is 0 Å². The van der Waals surface area contributed by atoms with Gasteiger partial charge in [-0.05, 0) is 24.8 Å². The lowest BCUT2D eigenvalue weighted by Crippen LogP contribution is -2.40. The maximum absolute atomic E-state index is 3.69. The van der Waals surface area contributed by atoms with Crippen molar-refractivity contribution in [1.29, 1.82) is 0 Å². The van der Waals surface area contributed by atoms with Gasteiger partial charge in [0.05, 0.1) is 0 Å². The maximum Gasteiger partial charge on any atom is 0.0116 e. The molecule has 0 aromatic heterocycles. The van der Waals surface area contributed by atoms with Crippen LogP contribution in [0.1, 0.15) is 73.1 Å². The molecular formula is C14H31N. The third-order valence-electron chi connectivity index (χ3n) is 3.03. The molecule has 15 heavy (non-hydrogen) atoms. The first kappa shape index (κ1) is 15.0. The molecule has 1 heteroatoms. The molecule has 0 amide bonds. The van der Waals surface area contributed by atoms with Crippen molar-refractivity contribution in [1.82, 2.24) is 5.32 Å². The fourth-order valence-corrected chi connectivity index (χ4v) is 1.94. The maximum atomic E-state index is 3.69. The van der Waals surface area contributed by atoms with Crippen molar-refractivity contribution in [2.75, 3.05) is 6.54 Å². The van der Waals surface area contributed by atoms with Crippen LogP contribution in [0.4, 0.5) is 0 Å². The molecule has 1 nitrogen and oxygen atoms in total. The second-order valence-corrected chi connectivity index (χ2v) is 5.72. The summed E-state index contributed by atoms with van der Waals surface area (Å²) in [6.07, 6.45) is 8.08. The zero-order chi connectivity index (χ0) is 11.7. The zero-order valence-electron chi connectivity index (χ0n) is 11.5. The first-order valence-corrected chi connectivity index (χ1v) is 6.75. The second-order valence-electron chi connectivity index (χ2n) is 5.72. The summed E-state index contributed by atoms with van der Waals surface area (Å²) >= 11 is 0. The minimum absolute atomic E-state index is 0.404. The van der Waals surface area contributed by atoms with Crippen molar-refractivity contribution in [2.24, 2.45) is 5.41 Å². The lowest BCUT2D eigenvalue weighted by molar-refractivity contribution is 0.249. The van der Waals surface area contributed by atoms with Crippen LogP contribution in [0.15, 0.2) is 0 Å². The largest absolute Gasteiger partial charge is 0.313 e. The van der Waals surface area contributed by atoms with Crippen LogP contribution in [0.3, 0.4) is 0 Å². The molecule has 0 aliphatic carbocycles. The van der Waals surface area contributed by atoms with Crippen LogP contribution in [0.2, 0.25) is 0 Å². The van der Waals surface area contributed by atoms with Gasteiger partial charge in [0.1, 0.15) is 0 Å². The molecule has 0 spiro atoms. The summed E-state index contributed by atoms with van der Waals surface area (Å²) in [5.41, 5.74) is 0.404. The van der Waals surface area contributed by atoms with Crippen molar-refractivity contribution in [3.8, 4) is 0 Å². The van der Waals surface area contributed by atoms with E-state index in [0.29, 0.717) is 11.5 Å². The Labute approximate surface area is 97.0 Å². The van der Waals surface area contributed by atoms with Gasteiger partial charge in [-0.2, -0.15) is 0 Å². The Kier molecular flexibility index (Phi) is 8.13. The number of unbranched alkanes of at least 4 members (excludes halogenated alkanes) is 3. The van der Waals surface area contributed by atoms with Crippen LogP contribution < -0.4 is 5.32 Å². The molecule has 92 valence electrons. The van der Waals surface area contributed by atoms with Crippen molar-refractivity contribution >= 4 is 0 Å². The van der Waals surface area contributed by atoms with Gasteiger partial charge in [-0.15, -0.1) is 0 Å². The molecule has 0 fully saturated rings. The smallest absolute Gasteiger partial charge is 0.0116 e. The van der Waals surface area contributed by atoms with Gasteiger partial charge in [0.25, 0.3) is 0 Å². The molecule has 0 bridgehead atoms. The molecule has 0 rings (SSSR count). The van der Waals surface area contributed by atoms with Gasteiger partial charge in [-0.1, -0.05) is 60.3 Å². The minimum Gasteiger partial charge on any atom is -0.313 e. The predicted octanol–water partition coefficient (Wildman–Crippen LogP) is 4.37. The van der Waals surface area contributed by atoms with Gasteiger partial charge in [0.2, 0.25) is 0 Å². The van der Waals surface area contributed by atoms with E-state index in [0.717, 1.165) is 6.54 Å². The van der Waals surface area contributed by atoms with E-state index >= 15 is 0 Å². The summed E-state index contributed by atoms with van der Waals surface area (Å²) in [5, 5.41) is 3.69. The third-order valence-corrected chi connectivity index (χ3v) is 3.03. The van der Waals surface area contributed by atoms with Crippen LogP contribution >= 0.6 is 0 Å². The average molecular weight is 213 g/mol. The molecule has 0 saturated carbocycles. The quantitative estimate of drug-likeness (QED) is 0.590. The van der Waals surface area contributed by atoms with Crippen molar-refractivity contribution in [2.45, 2.75) is 79.2 Å². The Morgan fingerprint density at radius 2 is 1.60 bits per heavy atom. The molecule has 1 atom stereocenters. The minimum atomic E-state index is 0.404. The summed E-state index contributed by atoms with van der Waals surface area (Å²) in [7, 11) is 0. The molecule has 0 aromatic rings. The number of rotatable bonds is 8. The van der Waals surface area contributed by atoms with Gasteiger partial charge < -0.3 is 5.32 Å². The topological polar surface area (TPSA) is 12.0 Å². The fourth-order valence-electron chi connectivity index (χ4n) is 1.94. The first-order valence-electron chi connectivity index (χ1n) is 6.75. The molecule has 0 radical (unpaired) electrons. The van der Waals surface area contributed by atoms with Gasteiger partial charge >= 0.3 is 0 Å². The first-order chi connectivity index (χ1) is 7.02. The third kappa shape index (κ3) is 7.84. The van der Waals surface area contributed by atoms with Crippen LogP contribution in [-0.4, -0.2) is 12.6 Å². The van der Waals surface area contributed by atoms with Crippen molar-refractivity contribution in [3.05, 3.63) is 0 Å². The number of nitrogens with one attached hydrogen (secondary N) is 1. The molecule has 0 heterocycles. The summed E-state index contributed by atoms with van der Waals surface area (Å²) in [6, 6.07) is 0.689. The van der Waals surface area contributed by atoms with E-state index in [1.165, 1.54) is 38.5 Å². The van der Waals surface area contributed by atoms with Crippen LogP contribution in [0.25, 0.3) is 0 Å². The highest BCUT2D eigenvalue weighted by atomic mass is 14.9. The molecule has 1 unspecified atom stereocenters.